The van der Waals surface area contributed by atoms with Crippen molar-refractivity contribution in [1.82, 2.24) is 16.2 Å². The van der Waals surface area contributed by atoms with Crippen molar-refractivity contribution >= 4 is 17.5 Å². The van der Waals surface area contributed by atoms with Gasteiger partial charge in [-0.25, -0.2) is 0 Å². The molecule has 0 radical (unpaired) electrons. The van der Waals surface area contributed by atoms with Crippen molar-refractivity contribution in [3.8, 4) is 0 Å². The fourth-order valence-electron chi connectivity index (χ4n) is 2.96. The summed E-state index contributed by atoms with van der Waals surface area (Å²) in [7, 11) is 0. The molecule has 3 aromatic rings. The maximum atomic E-state index is 12.9. The van der Waals surface area contributed by atoms with Gasteiger partial charge in [0.1, 0.15) is 0 Å². The number of amides is 2. The minimum atomic E-state index is -0.488. The van der Waals surface area contributed by atoms with Gasteiger partial charge in [-0.1, -0.05) is 97.6 Å². The zero-order valence-electron chi connectivity index (χ0n) is 16.0. The molecular weight excluding hydrogens is 362 g/mol. The van der Waals surface area contributed by atoms with E-state index in [-0.39, 0.29) is 18.4 Å². The second-order valence-electron chi connectivity index (χ2n) is 6.49. The molecule has 0 aliphatic carbocycles. The molecule has 0 atom stereocenters. The predicted octanol–water partition coefficient (Wildman–Crippen LogP) is 3.23. The van der Waals surface area contributed by atoms with Gasteiger partial charge in [-0.2, -0.15) is 0 Å². The third kappa shape index (κ3) is 5.56. The van der Waals surface area contributed by atoms with Crippen LogP contribution < -0.4 is 16.2 Å². The minimum Gasteiger partial charge on any atom is -0.346 e. The highest BCUT2D eigenvalue weighted by molar-refractivity contribution is 5.90. The Morgan fingerprint density at radius 3 is 1.72 bits per heavy atom. The molecule has 0 saturated heterocycles. The van der Waals surface area contributed by atoms with Gasteiger partial charge in [0.25, 0.3) is 5.91 Å². The predicted molar refractivity (Wildman–Crippen MR) is 114 cm³/mol. The van der Waals surface area contributed by atoms with Gasteiger partial charge in [-0.15, -0.1) is 0 Å². The van der Waals surface area contributed by atoms with Crippen LogP contribution in [0, 0.1) is 0 Å². The molecule has 0 heterocycles. The number of nitrogens with one attached hydrogen (secondary N) is 3. The van der Waals surface area contributed by atoms with E-state index in [9.17, 15) is 9.59 Å². The van der Waals surface area contributed by atoms with Crippen LogP contribution in [0.15, 0.2) is 97.6 Å². The quantitative estimate of drug-likeness (QED) is 0.522. The molecule has 2 amide bonds. The van der Waals surface area contributed by atoms with Crippen LogP contribution in [0.4, 0.5) is 0 Å². The van der Waals surface area contributed by atoms with Gasteiger partial charge in [-0.05, 0) is 16.7 Å². The highest BCUT2D eigenvalue weighted by Gasteiger charge is 2.22. The Bertz CT molecular complexity index is 918. The zero-order valence-corrected chi connectivity index (χ0v) is 16.0. The summed E-state index contributed by atoms with van der Waals surface area (Å²) in [6, 6.07) is 28.4. The summed E-state index contributed by atoms with van der Waals surface area (Å²) in [5.41, 5.74) is 8.49. The largest absolute Gasteiger partial charge is 0.346 e. The second-order valence-corrected chi connectivity index (χ2v) is 6.49. The summed E-state index contributed by atoms with van der Waals surface area (Å²) >= 11 is 0. The monoisotopic (exact) mass is 385 g/mol. The first-order valence-corrected chi connectivity index (χ1v) is 9.32. The topological polar surface area (TPSA) is 70.2 Å². The Morgan fingerprint density at radius 1 is 0.724 bits per heavy atom. The van der Waals surface area contributed by atoms with Crippen LogP contribution >= 0.6 is 0 Å². The van der Waals surface area contributed by atoms with Crippen LogP contribution in [0.3, 0.4) is 0 Å². The molecule has 3 rings (SSSR count). The molecule has 0 aliphatic heterocycles. The number of rotatable bonds is 8. The molecule has 3 aromatic carbocycles. The van der Waals surface area contributed by atoms with Crippen molar-refractivity contribution in [2.24, 2.45) is 0 Å². The Morgan fingerprint density at radius 2 is 1.21 bits per heavy atom. The molecular formula is C24H23N3O2. The van der Waals surface area contributed by atoms with Gasteiger partial charge in [-0.3, -0.25) is 20.4 Å². The summed E-state index contributed by atoms with van der Waals surface area (Å²) in [4.78, 5) is 25.0. The molecule has 5 nitrogen and oxygen atoms in total. The lowest BCUT2D eigenvalue weighted by molar-refractivity contribution is -0.126. The fraction of sp³-hybridized carbons (Fsp3) is 0.0833. The van der Waals surface area contributed by atoms with Gasteiger partial charge < -0.3 is 5.32 Å². The molecule has 5 heteroatoms. The average Bonchev–Trinajstić information content (AvgIpc) is 2.78. The summed E-state index contributed by atoms with van der Waals surface area (Å²) in [5.74, 6) is -1.09. The molecule has 3 N–H and O–H groups in total. The standard InChI is InChI=1S/C24H23N3O2/c1-18(19-11-5-2-6-12-19)26-27-22(28)17-25-24(29)23(20-13-7-3-8-14-20)21-15-9-4-10-16-21/h2-16,23,26H,1,17H2,(H,25,29)(H,27,28). The third-order valence-electron chi connectivity index (χ3n) is 4.43. The molecule has 29 heavy (non-hydrogen) atoms. The fourth-order valence-corrected chi connectivity index (χ4v) is 2.96. The maximum Gasteiger partial charge on any atom is 0.257 e. The summed E-state index contributed by atoms with van der Waals surface area (Å²) in [6.45, 7) is 3.74. The zero-order chi connectivity index (χ0) is 20.5. The molecule has 0 aromatic heterocycles. The third-order valence-corrected chi connectivity index (χ3v) is 4.43. The summed E-state index contributed by atoms with van der Waals surface area (Å²) in [6.07, 6.45) is 0. The lowest BCUT2D eigenvalue weighted by atomic mass is 9.90. The van der Waals surface area contributed by atoms with Crippen molar-refractivity contribution in [3.63, 3.8) is 0 Å². The van der Waals surface area contributed by atoms with Crippen molar-refractivity contribution in [2.45, 2.75) is 5.92 Å². The number of hydrogen-bond donors (Lipinski definition) is 3. The van der Waals surface area contributed by atoms with Gasteiger partial charge >= 0.3 is 0 Å². The van der Waals surface area contributed by atoms with Crippen molar-refractivity contribution in [2.75, 3.05) is 6.54 Å². The number of carbonyl (C=O) groups excluding carboxylic acids is 2. The van der Waals surface area contributed by atoms with E-state index in [0.29, 0.717) is 5.70 Å². The average molecular weight is 385 g/mol. The first-order valence-electron chi connectivity index (χ1n) is 9.32. The Labute approximate surface area is 170 Å². The van der Waals surface area contributed by atoms with E-state index < -0.39 is 5.92 Å². The molecule has 0 aliphatic rings. The van der Waals surface area contributed by atoms with E-state index in [1.807, 2.05) is 91.0 Å². The lowest BCUT2D eigenvalue weighted by Gasteiger charge is -2.18. The maximum absolute atomic E-state index is 12.9. The van der Waals surface area contributed by atoms with E-state index in [2.05, 4.69) is 22.7 Å². The minimum absolute atomic E-state index is 0.149. The number of hydrazine groups is 1. The second kappa shape index (κ2) is 9.90. The Kier molecular flexibility index (Phi) is 6.79. The van der Waals surface area contributed by atoms with Crippen LogP contribution in [0.1, 0.15) is 22.6 Å². The Hall–Kier alpha value is -3.86. The van der Waals surface area contributed by atoms with Gasteiger partial charge in [0.15, 0.2) is 0 Å². The van der Waals surface area contributed by atoms with Gasteiger partial charge in [0.2, 0.25) is 5.91 Å². The first-order chi connectivity index (χ1) is 14.1. The van der Waals surface area contributed by atoms with E-state index in [4.69, 9.17) is 0 Å². The van der Waals surface area contributed by atoms with Crippen LogP contribution in [0.2, 0.25) is 0 Å². The number of benzene rings is 3. The van der Waals surface area contributed by atoms with Crippen LogP contribution in [-0.2, 0) is 9.59 Å². The highest BCUT2D eigenvalue weighted by atomic mass is 16.2. The van der Waals surface area contributed by atoms with E-state index in [0.717, 1.165) is 16.7 Å². The highest BCUT2D eigenvalue weighted by Crippen LogP contribution is 2.24. The van der Waals surface area contributed by atoms with Crippen molar-refractivity contribution in [3.05, 3.63) is 114 Å². The van der Waals surface area contributed by atoms with Crippen LogP contribution in [-0.4, -0.2) is 18.4 Å². The van der Waals surface area contributed by atoms with Crippen LogP contribution in [0.5, 0.6) is 0 Å². The molecule has 0 bridgehead atoms. The Balaban J connectivity index is 1.59. The molecule has 0 unspecified atom stereocenters. The van der Waals surface area contributed by atoms with E-state index in [1.165, 1.54) is 0 Å². The molecule has 0 fully saturated rings. The summed E-state index contributed by atoms with van der Waals surface area (Å²) in [5, 5.41) is 2.72. The first kappa shape index (κ1) is 19.9. The normalized spacial score (nSPS) is 10.2. The van der Waals surface area contributed by atoms with Crippen molar-refractivity contribution in [1.29, 1.82) is 0 Å². The van der Waals surface area contributed by atoms with Gasteiger partial charge in [0, 0.05) is 0 Å². The number of carbonyl (C=O) groups is 2. The smallest absolute Gasteiger partial charge is 0.257 e. The molecule has 0 spiro atoms. The van der Waals surface area contributed by atoms with Crippen molar-refractivity contribution < 1.29 is 9.59 Å². The van der Waals surface area contributed by atoms with Crippen LogP contribution in [0.25, 0.3) is 5.70 Å². The van der Waals surface area contributed by atoms with E-state index in [1.54, 1.807) is 0 Å². The lowest BCUT2D eigenvalue weighted by Crippen LogP contribution is -2.44. The van der Waals surface area contributed by atoms with E-state index >= 15 is 0 Å². The molecule has 0 saturated carbocycles. The van der Waals surface area contributed by atoms with Gasteiger partial charge in [0.05, 0.1) is 18.2 Å². The summed E-state index contributed by atoms with van der Waals surface area (Å²) < 4.78 is 0. The number of hydrogen-bond acceptors (Lipinski definition) is 3. The SMILES string of the molecule is C=C(NNC(=O)CNC(=O)C(c1ccccc1)c1ccccc1)c1ccccc1. The molecule has 146 valence electrons.